The zero-order chi connectivity index (χ0) is 20.4. The van der Waals surface area contributed by atoms with Gasteiger partial charge in [0.25, 0.3) is 0 Å². The smallest absolute Gasteiger partial charge is 0.329 e. The second kappa shape index (κ2) is 7.94. The number of hydrogen-bond donors (Lipinski definition) is 0. The molecular formula is C19H27N7O3. The van der Waals surface area contributed by atoms with Crippen molar-refractivity contribution in [1.29, 1.82) is 0 Å². The van der Waals surface area contributed by atoms with Crippen molar-refractivity contribution < 1.29 is 14.3 Å². The molecule has 2 fully saturated rings. The molecule has 10 nitrogen and oxygen atoms in total. The van der Waals surface area contributed by atoms with Gasteiger partial charge in [-0.1, -0.05) is 0 Å². The number of esters is 1. The maximum absolute atomic E-state index is 12.8. The van der Waals surface area contributed by atoms with Gasteiger partial charge in [0, 0.05) is 32.0 Å². The maximum Gasteiger partial charge on any atom is 0.329 e. The Kier molecular flexibility index (Phi) is 5.35. The first kappa shape index (κ1) is 19.6. The van der Waals surface area contributed by atoms with Gasteiger partial charge >= 0.3 is 5.97 Å². The van der Waals surface area contributed by atoms with Crippen LogP contribution in [0.4, 0.5) is 11.9 Å². The molecule has 1 unspecified atom stereocenters. The fraction of sp³-hybridized carbons (Fsp3) is 0.632. The number of aromatic nitrogens is 5. The average Bonchev–Trinajstić information content (AvgIpc) is 3.39. The van der Waals surface area contributed by atoms with Gasteiger partial charge in [-0.05, 0) is 33.6 Å². The third kappa shape index (κ3) is 4.47. The predicted molar refractivity (Wildman–Crippen MR) is 106 cm³/mol. The Morgan fingerprint density at radius 1 is 1.10 bits per heavy atom. The summed E-state index contributed by atoms with van der Waals surface area (Å²) < 4.78 is 12.8. The minimum absolute atomic E-state index is 0.243. The van der Waals surface area contributed by atoms with Crippen molar-refractivity contribution in [2.24, 2.45) is 0 Å². The summed E-state index contributed by atoms with van der Waals surface area (Å²) in [5.74, 6) is 1.30. The minimum atomic E-state index is -0.536. The van der Waals surface area contributed by atoms with Crippen LogP contribution in [0.2, 0.25) is 0 Å². The topological polar surface area (TPSA) is 98.5 Å². The highest BCUT2D eigenvalue weighted by Crippen LogP contribution is 2.27. The van der Waals surface area contributed by atoms with E-state index in [1.165, 1.54) is 0 Å². The lowest BCUT2D eigenvalue weighted by atomic mass is 10.1. The van der Waals surface area contributed by atoms with Gasteiger partial charge in [0.05, 0.1) is 13.2 Å². The Labute approximate surface area is 169 Å². The highest BCUT2D eigenvalue weighted by Gasteiger charge is 2.36. The van der Waals surface area contributed by atoms with E-state index in [4.69, 9.17) is 14.5 Å². The molecule has 0 bridgehead atoms. The quantitative estimate of drug-likeness (QED) is 0.700. The summed E-state index contributed by atoms with van der Waals surface area (Å²) in [7, 11) is 0. The largest absolute Gasteiger partial charge is 0.458 e. The molecule has 2 aromatic rings. The summed E-state index contributed by atoms with van der Waals surface area (Å²) >= 11 is 0. The van der Waals surface area contributed by atoms with E-state index in [9.17, 15) is 4.79 Å². The lowest BCUT2D eigenvalue weighted by Gasteiger charge is -2.30. The Morgan fingerprint density at radius 2 is 1.83 bits per heavy atom. The second-order valence-corrected chi connectivity index (χ2v) is 8.19. The van der Waals surface area contributed by atoms with Gasteiger partial charge in [0.15, 0.2) is 0 Å². The number of ether oxygens (including phenoxy) is 2. The molecule has 2 saturated heterocycles. The first-order valence-corrected chi connectivity index (χ1v) is 9.97. The number of anilines is 2. The van der Waals surface area contributed by atoms with E-state index in [2.05, 4.69) is 19.9 Å². The summed E-state index contributed by atoms with van der Waals surface area (Å²) in [6.07, 6.45) is 6.71. The third-order valence-corrected chi connectivity index (χ3v) is 4.82. The number of hydrogen-bond acceptors (Lipinski definition) is 9. The maximum atomic E-state index is 12.8. The van der Waals surface area contributed by atoms with E-state index in [0.717, 1.165) is 6.42 Å². The fourth-order valence-electron chi connectivity index (χ4n) is 3.49. The van der Waals surface area contributed by atoms with Crippen molar-refractivity contribution in [3.05, 3.63) is 18.7 Å². The van der Waals surface area contributed by atoms with Crippen LogP contribution in [-0.4, -0.2) is 75.0 Å². The van der Waals surface area contributed by atoms with Crippen molar-refractivity contribution in [3.63, 3.8) is 0 Å². The molecule has 2 aromatic heterocycles. The molecule has 0 aliphatic carbocycles. The van der Waals surface area contributed by atoms with Gasteiger partial charge in [0.2, 0.25) is 17.8 Å². The van der Waals surface area contributed by atoms with Gasteiger partial charge in [-0.3, -0.25) is 4.57 Å². The molecule has 4 rings (SSSR count). The highest BCUT2D eigenvalue weighted by molar-refractivity contribution is 5.80. The standard InChI is InChI=1S/C19H27N7O3/c1-19(2,3)29-15(27)14-5-4-7-26(14)18-22-16(24-9-11-28-12-10-24)21-17(23-18)25-8-6-20-13-25/h6,8,13-14H,4-5,7,9-12H2,1-3H3. The van der Waals surface area contributed by atoms with E-state index in [0.29, 0.717) is 57.1 Å². The van der Waals surface area contributed by atoms with Crippen LogP contribution >= 0.6 is 0 Å². The molecular weight excluding hydrogens is 374 g/mol. The van der Waals surface area contributed by atoms with Crippen LogP contribution in [0.5, 0.6) is 0 Å². The molecule has 0 spiro atoms. The van der Waals surface area contributed by atoms with Crippen LogP contribution in [-0.2, 0) is 14.3 Å². The van der Waals surface area contributed by atoms with Crippen LogP contribution in [0.25, 0.3) is 5.95 Å². The molecule has 10 heteroatoms. The third-order valence-electron chi connectivity index (χ3n) is 4.82. The number of nitrogens with zero attached hydrogens (tertiary/aromatic N) is 7. The zero-order valence-corrected chi connectivity index (χ0v) is 17.1. The normalized spacial score (nSPS) is 20.2. The predicted octanol–water partition coefficient (Wildman–Crippen LogP) is 1.20. The second-order valence-electron chi connectivity index (χ2n) is 8.19. The SMILES string of the molecule is CC(C)(C)OC(=O)C1CCCN1c1nc(N2CCOCC2)nc(-n2ccnc2)n1. The number of rotatable bonds is 4. The molecule has 0 radical (unpaired) electrons. The van der Waals surface area contributed by atoms with Crippen molar-refractivity contribution in [3.8, 4) is 5.95 Å². The van der Waals surface area contributed by atoms with E-state index < -0.39 is 11.6 Å². The van der Waals surface area contributed by atoms with Crippen molar-refractivity contribution in [2.75, 3.05) is 42.6 Å². The molecule has 156 valence electrons. The number of carbonyl (C=O) groups is 1. The van der Waals surface area contributed by atoms with Crippen LogP contribution in [0.3, 0.4) is 0 Å². The van der Waals surface area contributed by atoms with Crippen LogP contribution < -0.4 is 9.80 Å². The van der Waals surface area contributed by atoms with Gasteiger partial charge in [-0.2, -0.15) is 15.0 Å². The zero-order valence-electron chi connectivity index (χ0n) is 17.1. The lowest BCUT2D eigenvalue weighted by molar-refractivity contribution is -0.156. The van der Waals surface area contributed by atoms with Crippen LogP contribution in [0.15, 0.2) is 18.7 Å². The van der Waals surface area contributed by atoms with E-state index in [1.807, 2.05) is 25.7 Å². The molecule has 0 saturated carbocycles. The van der Waals surface area contributed by atoms with E-state index in [1.54, 1.807) is 23.3 Å². The molecule has 2 aliphatic heterocycles. The molecule has 0 aromatic carbocycles. The first-order chi connectivity index (χ1) is 13.9. The highest BCUT2D eigenvalue weighted by atomic mass is 16.6. The van der Waals surface area contributed by atoms with Crippen LogP contribution in [0.1, 0.15) is 33.6 Å². The minimum Gasteiger partial charge on any atom is -0.458 e. The van der Waals surface area contributed by atoms with Crippen molar-refractivity contribution >= 4 is 17.9 Å². The first-order valence-electron chi connectivity index (χ1n) is 9.97. The summed E-state index contributed by atoms with van der Waals surface area (Å²) in [5.41, 5.74) is -0.536. The van der Waals surface area contributed by atoms with Gasteiger partial charge in [-0.25, -0.2) is 9.78 Å². The fourth-order valence-corrected chi connectivity index (χ4v) is 3.49. The van der Waals surface area contributed by atoms with Gasteiger partial charge < -0.3 is 19.3 Å². The number of carbonyl (C=O) groups excluding carboxylic acids is 1. The molecule has 4 heterocycles. The molecule has 1 atom stereocenters. The molecule has 29 heavy (non-hydrogen) atoms. The molecule has 2 aliphatic rings. The number of imidazole rings is 1. The summed E-state index contributed by atoms with van der Waals surface area (Å²) in [6, 6.07) is -0.398. The summed E-state index contributed by atoms with van der Waals surface area (Å²) in [6.45, 7) is 9.00. The van der Waals surface area contributed by atoms with Crippen LogP contribution in [0, 0.1) is 0 Å². The van der Waals surface area contributed by atoms with Gasteiger partial charge in [0.1, 0.15) is 18.0 Å². The summed E-state index contributed by atoms with van der Waals surface area (Å²) in [5, 5.41) is 0. The Hall–Kier alpha value is -2.75. The molecule has 0 N–H and O–H groups in total. The molecule has 0 amide bonds. The summed E-state index contributed by atoms with van der Waals surface area (Å²) in [4.78, 5) is 34.8. The van der Waals surface area contributed by atoms with Gasteiger partial charge in [-0.15, -0.1) is 0 Å². The Morgan fingerprint density at radius 3 is 2.52 bits per heavy atom. The van der Waals surface area contributed by atoms with E-state index >= 15 is 0 Å². The Bertz CT molecular complexity index is 844. The van der Waals surface area contributed by atoms with Crippen molar-refractivity contribution in [2.45, 2.75) is 45.3 Å². The Balaban J connectivity index is 1.68. The van der Waals surface area contributed by atoms with Crippen molar-refractivity contribution in [1.82, 2.24) is 24.5 Å². The monoisotopic (exact) mass is 401 g/mol. The lowest BCUT2D eigenvalue weighted by Crippen LogP contribution is -2.42. The van der Waals surface area contributed by atoms with E-state index in [-0.39, 0.29) is 5.97 Å². The average molecular weight is 401 g/mol. The number of morpholine rings is 1.